The Labute approximate surface area is 125 Å². The van der Waals surface area contributed by atoms with Gasteiger partial charge in [0.25, 0.3) is 10.0 Å². The van der Waals surface area contributed by atoms with Crippen LogP contribution in [0.3, 0.4) is 0 Å². The molecule has 2 aromatic heterocycles. The maximum atomic E-state index is 12.4. The van der Waals surface area contributed by atoms with Crippen molar-refractivity contribution in [1.29, 1.82) is 0 Å². The molecule has 108 valence electrons. The molecule has 0 saturated carbocycles. The summed E-state index contributed by atoms with van der Waals surface area (Å²) in [5, 5.41) is 2.99. The van der Waals surface area contributed by atoms with Crippen LogP contribution in [-0.4, -0.2) is 29.9 Å². The van der Waals surface area contributed by atoms with Gasteiger partial charge in [-0.2, -0.15) is 0 Å². The molecule has 0 bridgehead atoms. The van der Waals surface area contributed by atoms with Crippen molar-refractivity contribution in [2.24, 2.45) is 0 Å². The molecule has 0 spiro atoms. The Bertz CT molecular complexity index is 672. The lowest BCUT2D eigenvalue weighted by Crippen LogP contribution is -2.17. The number of halogens is 1. The van der Waals surface area contributed by atoms with Gasteiger partial charge >= 0.3 is 0 Å². The first-order chi connectivity index (χ1) is 9.53. The van der Waals surface area contributed by atoms with Gasteiger partial charge in [-0.15, -0.1) is 0 Å². The minimum absolute atomic E-state index is 0.0664. The number of anilines is 2. The molecule has 0 amide bonds. The van der Waals surface area contributed by atoms with E-state index >= 15 is 0 Å². The number of nitrogens with zero attached hydrogens (tertiary/aromatic N) is 2. The van der Waals surface area contributed by atoms with Gasteiger partial charge in [-0.25, -0.2) is 23.1 Å². The van der Waals surface area contributed by atoms with Crippen LogP contribution in [0.4, 0.5) is 11.8 Å². The van der Waals surface area contributed by atoms with Crippen molar-refractivity contribution < 1.29 is 8.42 Å². The molecule has 0 aliphatic heterocycles. The Kier molecular flexibility index (Phi) is 4.61. The highest BCUT2D eigenvalue weighted by atomic mass is 79.9. The Hall–Kier alpha value is -1.61. The Balaban J connectivity index is 2.36. The lowest BCUT2D eigenvalue weighted by atomic mass is 10.4. The molecule has 0 radical (unpaired) electrons. The van der Waals surface area contributed by atoms with E-state index in [9.17, 15) is 8.42 Å². The van der Waals surface area contributed by atoms with E-state index < -0.39 is 10.0 Å². The average Bonchev–Trinajstić information content (AvgIpc) is 2.89. The van der Waals surface area contributed by atoms with Crippen LogP contribution in [-0.2, 0) is 10.0 Å². The van der Waals surface area contributed by atoms with E-state index in [0.717, 1.165) is 6.42 Å². The summed E-state index contributed by atoms with van der Waals surface area (Å²) in [6.07, 6.45) is 5.41. The maximum absolute atomic E-state index is 12.4. The molecule has 0 saturated heterocycles. The second kappa shape index (κ2) is 6.23. The van der Waals surface area contributed by atoms with E-state index in [1.807, 2.05) is 6.92 Å². The number of pyridine rings is 1. The van der Waals surface area contributed by atoms with E-state index in [4.69, 9.17) is 0 Å². The second-order valence-corrected chi connectivity index (χ2v) is 6.54. The van der Waals surface area contributed by atoms with Gasteiger partial charge < -0.3 is 10.3 Å². The van der Waals surface area contributed by atoms with E-state index in [1.165, 1.54) is 18.5 Å². The van der Waals surface area contributed by atoms with Crippen molar-refractivity contribution in [2.45, 2.75) is 18.2 Å². The quantitative estimate of drug-likeness (QED) is 0.733. The molecule has 0 aromatic carbocycles. The molecule has 9 heteroatoms. The fraction of sp³-hybridized carbons (Fsp3) is 0.273. The van der Waals surface area contributed by atoms with Crippen LogP contribution in [0.2, 0.25) is 0 Å². The number of rotatable bonds is 6. The highest BCUT2D eigenvalue weighted by Crippen LogP contribution is 2.24. The summed E-state index contributed by atoms with van der Waals surface area (Å²) in [6.45, 7) is 2.62. The standard InChI is InChI=1S/C11H14BrN5O2S/c1-2-3-13-10-9(6-8(12)7-16-10)20(18,19)17-11-14-4-5-15-11/h4-7H,2-3H2,1H3,(H,13,16)(H2,14,15,17). The van der Waals surface area contributed by atoms with Crippen LogP contribution in [0.1, 0.15) is 13.3 Å². The number of imidazole rings is 1. The largest absolute Gasteiger partial charge is 0.369 e. The first-order valence-corrected chi connectivity index (χ1v) is 8.22. The zero-order valence-corrected chi connectivity index (χ0v) is 13.1. The number of hydrogen-bond acceptors (Lipinski definition) is 5. The van der Waals surface area contributed by atoms with Crippen LogP contribution < -0.4 is 10.0 Å². The topological polar surface area (TPSA) is 99.8 Å². The van der Waals surface area contributed by atoms with Crippen LogP contribution in [0.5, 0.6) is 0 Å². The fourth-order valence-corrected chi connectivity index (χ4v) is 3.13. The van der Waals surface area contributed by atoms with Gasteiger partial charge in [-0.1, -0.05) is 6.92 Å². The van der Waals surface area contributed by atoms with Crippen molar-refractivity contribution in [3.05, 3.63) is 29.1 Å². The zero-order chi connectivity index (χ0) is 14.6. The molecule has 2 heterocycles. The third kappa shape index (κ3) is 3.48. The summed E-state index contributed by atoms with van der Waals surface area (Å²) in [4.78, 5) is 10.7. The van der Waals surface area contributed by atoms with Crippen LogP contribution in [0.25, 0.3) is 0 Å². The molecular formula is C11H14BrN5O2S. The first-order valence-electron chi connectivity index (χ1n) is 5.94. The van der Waals surface area contributed by atoms with Gasteiger partial charge in [0.2, 0.25) is 5.95 Å². The fourth-order valence-electron chi connectivity index (χ4n) is 1.51. The summed E-state index contributed by atoms with van der Waals surface area (Å²) >= 11 is 3.23. The molecule has 7 nitrogen and oxygen atoms in total. The van der Waals surface area contributed by atoms with Crippen molar-refractivity contribution in [2.75, 3.05) is 16.6 Å². The van der Waals surface area contributed by atoms with Crippen molar-refractivity contribution in [3.63, 3.8) is 0 Å². The SMILES string of the molecule is CCCNc1ncc(Br)cc1S(=O)(=O)Nc1ncc[nH]1. The lowest BCUT2D eigenvalue weighted by Gasteiger charge is -2.11. The van der Waals surface area contributed by atoms with Crippen LogP contribution in [0, 0.1) is 0 Å². The van der Waals surface area contributed by atoms with Gasteiger partial charge in [-0.05, 0) is 28.4 Å². The van der Waals surface area contributed by atoms with Crippen molar-refractivity contribution >= 4 is 37.7 Å². The highest BCUT2D eigenvalue weighted by molar-refractivity contribution is 9.10. The van der Waals surface area contributed by atoms with Gasteiger partial charge in [-0.3, -0.25) is 0 Å². The average molecular weight is 360 g/mol. The molecule has 0 atom stereocenters. The number of aromatic amines is 1. The minimum Gasteiger partial charge on any atom is -0.369 e. The number of sulfonamides is 1. The first kappa shape index (κ1) is 14.8. The summed E-state index contributed by atoms with van der Waals surface area (Å²) < 4.78 is 27.7. The molecule has 0 aliphatic rings. The molecule has 0 fully saturated rings. The highest BCUT2D eigenvalue weighted by Gasteiger charge is 2.21. The third-order valence-electron chi connectivity index (χ3n) is 2.38. The molecule has 20 heavy (non-hydrogen) atoms. The van der Waals surface area contributed by atoms with Gasteiger partial charge in [0.1, 0.15) is 10.7 Å². The molecule has 0 aliphatic carbocycles. The predicted octanol–water partition coefficient (Wildman–Crippen LogP) is 2.19. The van der Waals surface area contributed by atoms with Crippen molar-refractivity contribution in [3.8, 4) is 0 Å². The second-order valence-electron chi connectivity index (χ2n) is 3.97. The molecular weight excluding hydrogens is 346 g/mol. The van der Waals surface area contributed by atoms with E-state index in [0.29, 0.717) is 16.8 Å². The Morgan fingerprint density at radius 1 is 1.40 bits per heavy atom. The van der Waals surface area contributed by atoms with Crippen LogP contribution in [0.15, 0.2) is 34.0 Å². The molecule has 2 rings (SSSR count). The Morgan fingerprint density at radius 3 is 2.85 bits per heavy atom. The number of nitrogens with one attached hydrogen (secondary N) is 3. The third-order valence-corrected chi connectivity index (χ3v) is 4.17. The van der Waals surface area contributed by atoms with Crippen LogP contribution >= 0.6 is 15.9 Å². The molecule has 0 unspecified atom stereocenters. The number of H-pyrrole nitrogens is 1. The zero-order valence-electron chi connectivity index (χ0n) is 10.7. The molecule has 2 aromatic rings. The number of aromatic nitrogens is 3. The molecule has 3 N–H and O–H groups in total. The monoisotopic (exact) mass is 359 g/mol. The van der Waals surface area contributed by atoms with E-state index in [2.05, 4.69) is 40.9 Å². The van der Waals surface area contributed by atoms with Gasteiger partial charge in [0.15, 0.2) is 0 Å². The van der Waals surface area contributed by atoms with Gasteiger partial charge in [0.05, 0.1) is 0 Å². The van der Waals surface area contributed by atoms with Crippen molar-refractivity contribution in [1.82, 2.24) is 15.0 Å². The number of hydrogen-bond donors (Lipinski definition) is 3. The predicted molar refractivity (Wildman–Crippen MR) is 80.1 cm³/mol. The lowest BCUT2D eigenvalue weighted by molar-refractivity contribution is 0.600. The van der Waals surface area contributed by atoms with Gasteiger partial charge in [0, 0.05) is 29.6 Å². The maximum Gasteiger partial charge on any atom is 0.267 e. The summed E-state index contributed by atoms with van der Waals surface area (Å²) in [6, 6.07) is 1.50. The minimum atomic E-state index is -3.77. The normalized spacial score (nSPS) is 11.3. The van der Waals surface area contributed by atoms with E-state index in [1.54, 1.807) is 6.20 Å². The Morgan fingerprint density at radius 2 is 2.20 bits per heavy atom. The smallest absolute Gasteiger partial charge is 0.267 e. The van der Waals surface area contributed by atoms with E-state index in [-0.39, 0.29) is 10.8 Å². The summed E-state index contributed by atoms with van der Waals surface area (Å²) in [5.74, 6) is 0.473. The summed E-state index contributed by atoms with van der Waals surface area (Å²) in [5.41, 5.74) is 0. The summed E-state index contributed by atoms with van der Waals surface area (Å²) in [7, 11) is -3.77.